The van der Waals surface area contributed by atoms with E-state index < -0.39 is 16.9 Å². The molecular formula is C13H14N2O5. The second-order valence-electron chi connectivity index (χ2n) is 4.76. The Bertz CT molecular complexity index is 553. The summed E-state index contributed by atoms with van der Waals surface area (Å²) in [5, 5.41) is 22.4. The number of nitrogens with zero attached hydrogens (tertiary/aromatic N) is 1. The molecule has 1 amide bonds. The average molecular weight is 278 g/mol. The van der Waals surface area contributed by atoms with E-state index in [1.165, 1.54) is 18.2 Å². The van der Waals surface area contributed by atoms with Gasteiger partial charge in [0.25, 0.3) is 5.69 Å². The topological polar surface area (TPSA) is 110 Å². The van der Waals surface area contributed by atoms with Crippen LogP contribution in [0, 0.1) is 16.0 Å². The summed E-state index contributed by atoms with van der Waals surface area (Å²) in [5.74, 6) is -1.60. The fraction of sp³-hybridized carbons (Fsp3) is 0.385. The van der Waals surface area contributed by atoms with E-state index in [-0.39, 0.29) is 23.9 Å². The summed E-state index contributed by atoms with van der Waals surface area (Å²) in [4.78, 5) is 33.1. The maximum absolute atomic E-state index is 11.6. The number of carboxylic acids is 1. The molecule has 7 nitrogen and oxygen atoms in total. The summed E-state index contributed by atoms with van der Waals surface area (Å²) in [6, 6.07) is 4.78. The van der Waals surface area contributed by atoms with Gasteiger partial charge in [-0.1, -0.05) is 18.2 Å². The largest absolute Gasteiger partial charge is 0.480 e. The number of carbonyl (C=O) groups excluding carboxylic acids is 1. The van der Waals surface area contributed by atoms with Gasteiger partial charge in [-0.15, -0.1) is 0 Å². The number of nitro groups is 1. The molecule has 0 aliphatic heterocycles. The molecule has 1 atom stereocenters. The number of carbonyl (C=O) groups is 2. The van der Waals surface area contributed by atoms with Gasteiger partial charge in [0.15, 0.2) is 0 Å². The predicted octanol–water partition coefficient (Wildman–Crippen LogP) is 1.12. The number of aliphatic carboxylic acids is 1. The molecule has 2 N–H and O–H groups in total. The van der Waals surface area contributed by atoms with Gasteiger partial charge < -0.3 is 10.4 Å². The van der Waals surface area contributed by atoms with Crippen molar-refractivity contribution in [2.24, 2.45) is 5.92 Å². The maximum Gasteiger partial charge on any atom is 0.326 e. The summed E-state index contributed by atoms with van der Waals surface area (Å²) >= 11 is 0. The zero-order valence-corrected chi connectivity index (χ0v) is 10.6. The first-order chi connectivity index (χ1) is 9.49. The minimum Gasteiger partial charge on any atom is -0.480 e. The average Bonchev–Trinajstić information content (AvgIpc) is 3.22. The molecule has 0 aromatic heterocycles. The van der Waals surface area contributed by atoms with Crippen molar-refractivity contribution >= 4 is 17.6 Å². The van der Waals surface area contributed by atoms with E-state index in [9.17, 15) is 19.7 Å². The second-order valence-corrected chi connectivity index (χ2v) is 4.76. The lowest BCUT2D eigenvalue weighted by Gasteiger charge is -2.14. The molecule has 2 rings (SSSR count). The van der Waals surface area contributed by atoms with Crippen LogP contribution in [0.4, 0.5) is 5.69 Å². The van der Waals surface area contributed by atoms with E-state index in [0.717, 1.165) is 12.8 Å². The number of rotatable bonds is 6. The number of carboxylic acid groups (broad SMARTS) is 1. The van der Waals surface area contributed by atoms with Crippen LogP contribution < -0.4 is 5.32 Å². The van der Waals surface area contributed by atoms with Gasteiger partial charge in [-0.25, -0.2) is 4.79 Å². The van der Waals surface area contributed by atoms with Gasteiger partial charge in [-0.2, -0.15) is 0 Å². The van der Waals surface area contributed by atoms with Crippen molar-refractivity contribution in [3.63, 3.8) is 0 Å². The van der Waals surface area contributed by atoms with Crippen LogP contribution in [0.3, 0.4) is 0 Å². The van der Waals surface area contributed by atoms with E-state index >= 15 is 0 Å². The van der Waals surface area contributed by atoms with Crippen molar-refractivity contribution in [1.29, 1.82) is 0 Å². The molecule has 1 fully saturated rings. The molecule has 1 aromatic carbocycles. The van der Waals surface area contributed by atoms with E-state index in [1.807, 2.05) is 0 Å². The fourth-order valence-electron chi connectivity index (χ4n) is 1.92. The Hall–Kier alpha value is -2.44. The Morgan fingerprint density at radius 3 is 2.60 bits per heavy atom. The standard InChI is InChI=1S/C13H14N2O5/c16-12(8-5-6-8)14-10(13(17)18)7-9-3-1-2-4-11(9)15(19)20/h1-4,8,10H,5-7H2,(H,14,16)(H,17,18)/t10-/m1/s1. The van der Waals surface area contributed by atoms with Gasteiger partial charge in [-0.3, -0.25) is 14.9 Å². The molecule has 0 radical (unpaired) electrons. The highest BCUT2D eigenvalue weighted by molar-refractivity contribution is 5.86. The van der Waals surface area contributed by atoms with Crippen molar-refractivity contribution in [1.82, 2.24) is 5.32 Å². The van der Waals surface area contributed by atoms with Crippen molar-refractivity contribution in [2.45, 2.75) is 25.3 Å². The third kappa shape index (κ3) is 3.31. The maximum atomic E-state index is 11.6. The van der Waals surface area contributed by atoms with Crippen molar-refractivity contribution in [3.8, 4) is 0 Å². The first kappa shape index (κ1) is 14.0. The first-order valence-electron chi connectivity index (χ1n) is 6.24. The third-order valence-corrected chi connectivity index (χ3v) is 3.18. The lowest BCUT2D eigenvalue weighted by atomic mass is 10.0. The second kappa shape index (κ2) is 5.68. The highest BCUT2D eigenvalue weighted by Crippen LogP contribution is 2.29. The van der Waals surface area contributed by atoms with Gasteiger partial charge in [0.2, 0.25) is 5.91 Å². The monoisotopic (exact) mass is 278 g/mol. The summed E-state index contributed by atoms with van der Waals surface area (Å²) in [5.41, 5.74) is 0.153. The molecule has 0 bridgehead atoms. The van der Waals surface area contributed by atoms with Crippen LogP contribution in [0.15, 0.2) is 24.3 Å². The van der Waals surface area contributed by atoms with Crippen LogP contribution in [0.2, 0.25) is 0 Å². The van der Waals surface area contributed by atoms with Crippen molar-refractivity contribution < 1.29 is 19.6 Å². The van der Waals surface area contributed by atoms with Crippen LogP contribution in [-0.2, 0) is 16.0 Å². The molecule has 1 aliphatic carbocycles. The molecule has 106 valence electrons. The summed E-state index contributed by atoms with van der Waals surface area (Å²) in [7, 11) is 0. The Labute approximate surface area is 114 Å². The van der Waals surface area contributed by atoms with Crippen molar-refractivity contribution in [3.05, 3.63) is 39.9 Å². The molecule has 0 saturated heterocycles. The minimum absolute atomic E-state index is 0.106. The molecule has 1 saturated carbocycles. The van der Waals surface area contributed by atoms with Crippen LogP contribution in [0.1, 0.15) is 18.4 Å². The SMILES string of the molecule is O=C(N[C@H](Cc1ccccc1[N+](=O)[O-])C(=O)O)C1CC1. The number of hydrogen-bond donors (Lipinski definition) is 2. The lowest BCUT2D eigenvalue weighted by molar-refractivity contribution is -0.385. The lowest BCUT2D eigenvalue weighted by Crippen LogP contribution is -2.43. The van der Waals surface area contributed by atoms with Crippen LogP contribution >= 0.6 is 0 Å². The number of benzene rings is 1. The summed E-state index contributed by atoms with van der Waals surface area (Å²) < 4.78 is 0. The smallest absolute Gasteiger partial charge is 0.326 e. The number of nitrogens with one attached hydrogen (secondary N) is 1. The van der Waals surface area contributed by atoms with E-state index in [0.29, 0.717) is 5.56 Å². The zero-order valence-electron chi connectivity index (χ0n) is 10.6. The van der Waals surface area contributed by atoms with E-state index in [4.69, 9.17) is 5.11 Å². The normalized spacial score (nSPS) is 15.4. The van der Waals surface area contributed by atoms with Crippen LogP contribution in [0.25, 0.3) is 0 Å². The van der Waals surface area contributed by atoms with Gasteiger partial charge in [-0.05, 0) is 12.8 Å². The number of amides is 1. The summed E-state index contributed by atoms with van der Waals surface area (Å²) in [6.07, 6.45) is 1.43. The molecule has 0 spiro atoms. The molecule has 1 aromatic rings. The van der Waals surface area contributed by atoms with E-state index in [1.54, 1.807) is 6.07 Å². The Balaban J connectivity index is 2.13. The van der Waals surface area contributed by atoms with Crippen molar-refractivity contribution in [2.75, 3.05) is 0 Å². The van der Waals surface area contributed by atoms with Crippen LogP contribution in [0.5, 0.6) is 0 Å². The van der Waals surface area contributed by atoms with Gasteiger partial charge >= 0.3 is 5.97 Å². The number of hydrogen-bond acceptors (Lipinski definition) is 4. The molecule has 7 heteroatoms. The predicted molar refractivity (Wildman–Crippen MR) is 69.1 cm³/mol. The molecule has 0 heterocycles. The Morgan fingerprint density at radius 1 is 1.40 bits per heavy atom. The van der Waals surface area contributed by atoms with Gasteiger partial charge in [0.1, 0.15) is 6.04 Å². The number of nitro benzene ring substituents is 1. The zero-order chi connectivity index (χ0) is 14.7. The van der Waals surface area contributed by atoms with Gasteiger partial charge in [0.05, 0.1) is 4.92 Å². The molecule has 20 heavy (non-hydrogen) atoms. The molecule has 1 aliphatic rings. The first-order valence-corrected chi connectivity index (χ1v) is 6.24. The summed E-state index contributed by atoms with van der Waals surface area (Å²) in [6.45, 7) is 0. The molecule has 0 unspecified atom stereocenters. The van der Waals surface area contributed by atoms with E-state index in [2.05, 4.69) is 5.32 Å². The Morgan fingerprint density at radius 2 is 2.05 bits per heavy atom. The van der Waals surface area contributed by atoms with Crippen LogP contribution in [-0.4, -0.2) is 27.9 Å². The highest BCUT2D eigenvalue weighted by atomic mass is 16.6. The quantitative estimate of drug-likeness (QED) is 0.598. The third-order valence-electron chi connectivity index (χ3n) is 3.18. The fourth-order valence-corrected chi connectivity index (χ4v) is 1.92. The molecular weight excluding hydrogens is 264 g/mol. The minimum atomic E-state index is -1.20. The number of para-hydroxylation sites is 1. The highest BCUT2D eigenvalue weighted by Gasteiger charge is 2.33. The Kier molecular flexibility index (Phi) is 3.97. The van der Waals surface area contributed by atoms with Gasteiger partial charge in [0, 0.05) is 24.0 Å².